The highest BCUT2D eigenvalue weighted by molar-refractivity contribution is 7.89. The fourth-order valence-electron chi connectivity index (χ4n) is 2.88. The van der Waals surface area contributed by atoms with E-state index in [2.05, 4.69) is 23.9 Å². The summed E-state index contributed by atoms with van der Waals surface area (Å²) in [6.45, 7) is 5.23. The molecule has 142 valence electrons. The van der Waals surface area contributed by atoms with Crippen molar-refractivity contribution in [3.63, 3.8) is 0 Å². The molecule has 1 aliphatic heterocycles. The molecule has 0 amide bonds. The lowest BCUT2D eigenvalue weighted by Gasteiger charge is -2.39. The van der Waals surface area contributed by atoms with Crippen molar-refractivity contribution in [2.24, 2.45) is 5.41 Å². The summed E-state index contributed by atoms with van der Waals surface area (Å²) in [7, 11) is -2.60. The first-order valence-corrected chi connectivity index (χ1v) is 9.21. The van der Waals surface area contributed by atoms with E-state index in [0.29, 0.717) is 0 Å². The van der Waals surface area contributed by atoms with Crippen LogP contribution in [0, 0.1) is 15.5 Å². The third-order valence-corrected chi connectivity index (χ3v) is 5.90. The zero-order valence-electron chi connectivity index (χ0n) is 14.4. The highest BCUT2D eigenvalue weighted by atomic mass is 35.5. The summed E-state index contributed by atoms with van der Waals surface area (Å²) >= 11 is 0. The molecule has 1 unspecified atom stereocenters. The molecule has 8 nitrogen and oxygen atoms in total. The summed E-state index contributed by atoms with van der Waals surface area (Å²) in [5.41, 5.74) is -0.333. The normalized spacial score (nSPS) is 19.7. The van der Waals surface area contributed by atoms with Gasteiger partial charge in [0.15, 0.2) is 0 Å². The zero-order chi connectivity index (χ0) is 18.0. The largest absolute Gasteiger partial charge is 0.495 e. The average molecular weight is 394 g/mol. The van der Waals surface area contributed by atoms with Gasteiger partial charge in [-0.25, -0.2) is 13.1 Å². The quantitative estimate of drug-likeness (QED) is 0.565. The van der Waals surface area contributed by atoms with Gasteiger partial charge < -0.3 is 10.1 Å². The summed E-state index contributed by atoms with van der Waals surface area (Å²) in [6, 6.07) is 3.51. The Morgan fingerprint density at radius 3 is 2.68 bits per heavy atom. The van der Waals surface area contributed by atoms with Crippen molar-refractivity contribution in [2.75, 3.05) is 20.2 Å². The van der Waals surface area contributed by atoms with Crippen molar-refractivity contribution in [1.29, 1.82) is 0 Å². The molecule has 1 aromatic carbocycles. The molecule has 1 heterocycles. The number of halogens is 1. The molecule has 2 N–H and O–H groups in total. The second-order valence-electron chi connectivity index (χ2n) is 6.54. The molecule has 10 heteroatoms. The number of benzene rings is 1. The van der Waals surface area contributed by atoms with E-state index in [1.807, 2.05) is 0 Å². The number of ether oxygens (including phenoxy) is 1. The van der Waals surface area contributed by atoms with Crippen LogP contribution >= 0.6 is 12.4 Å². The number of nitrogens with one attached hydrogen (secondary N) is 2. The molecule has 0 saturated carbocycles. The van der Waals surface area contributed by atoms with E-state index >= 15 is 0 Å². The number of hydrogen-bond donors (Lipinski definition) is 2. The Balaban J connectivity index is 0.00000312. The minimum absolute atomic E-state index is 0. The first-order chi connectivity index (χ1) is 11.2. The Morgan fingerprint density at radius 1 is 1.44 bits per heavy atom. The standard InChI is InChI=1S/C15H23N3O5S.ClH/c1-15(2)7-4-8-16-14(15)10-17-24(21,22)13-9-11(18(19)20)5-6-12(13)23-3;/h5-6,9,14,16-17H,4,7-8,10H2,1-3H3;1H. The first-order valence-electron chi connectivity index (χ1n) is 7.73. The minimum atomic E-state index is -3.93. The smallest absolute Gasteiger partial charge is 0.271 e. The van der Waals surface area contributed by atoms with E-state index in [1.54, 1.807) is 0 Å². The average Bonchev–Trinajstić information content (AvgIpc) is 2.52. The molecule has 1 saturated heterocycles. The van der Waals surface area contributed by atoms with Gasteiger partial charge in [0.05, 0.1) is 12.0 Å². The molecule has 1 fully saturated rings. The second kappa shape index (κ2) is 8.31. The van der Waals surface area contributed by atoms with Crippen LogP contribution in [-0.2, 0) is 10.0 Å². The first kappa shape index (κ1) is 21.6. The topological polar surface area (TPSA) is 111 Å². The van der Waals surface area contributed by atoms with Crippen LogP contribution in [0.4, 0.5) is 5.69 Å². The van der Waals surface area contributed by atoms with Gasteiger partial charge in [0.25, 0.3) is 5.69 Å². The predicted octanol–water partition coefficient (Wildman–Crippen LogP) is 2.08. The Morgan fingerprint density at radius 2 is 2.12 bits per heavy atom. The number of nitro groups is 1. The highest BCUT2D eigenvalue weighted by Gasteiger charge is 2.33. The Hall–Kier alpha value is -1.42. The maximum absolute atomic E-state index is 12.6. The Kier molecular flexibility index (Phi) is 7.18. The van der Waals surface area contributed by atoms with Crippen molar-refractivity contribution in [3.8, 4) is 5.75 Å². The SMILES string of the molecule is COc1ccc([N+](=O)[O-])cc1S(=O)(=O)NCC1NCCCC1(C)C.Cl. The lowest BCUT2D eigenvalue weighted by Crippen LogP contribution is -2.52. The predicted molar refractivity (Wildman–Crippen MR) is 96.9 cm³/mol. The van der Waals surface area contributed by atoms with Gasteiger partial charge in [0.2, 0.25) is 10.0 Å². The molecule has 0 spiro atoms. The summed E-state index contributed by atoms with van der Waals surface area (Å²) in [5.74, 6) is 0.0731. The maximum atomic E-state index is 12.6. The number of sulfonamides is 1. The van der Waals surface area contributed by atoms with Gasteiger partial charge in [-0.2, -0.15) is 0 Å². The second-order valence-corrected chi connectivity index (χ2v) is 8.28. The van der Waals surface area contributed by atoms with E-state index in [0.717, 1.165) is 25.5 Å². The van der Waals surface area contributed by atoms with Gasteiger partial charge in [0.1, 0.15) is 10.6 Å². The molecule has 0 aromatic heterocycles. The number of non-ortho nitro benzene ring substituents is 1. The van der Waals surface area contributed by atoms with Crippen molar-refractivity contribution >= 4 is 28.1 Å². The molecular weight excluding hydrogens is 370 g/mol. The summed E-state index contributed by atoms with van der Waals surface area (Å²) < 4.78 is 32.8. The highest BCUT2D eigenvalue weighted by Crippen LogP contribution is 2.31. The summed E-state index contributed by atoms with van der Waals surface area (Å²) in [4.78, 5) is 10.0. The summed E-state index contributed by atoms with van der Waals surface area (Å²) in [6.07, 6.45) is 2.06. The monoisotopic (exact) mass is 393 g/mol. The lowest BCUT2D eigenvalue weighted by molar-refractivity contribution is -0.385. The van der Waals surface area contributed by atoms with Crippen LogP contribution in [0.25, 0.3) is 0 Å². The Bertz CT molecular complexity index is 724. The number of rotatable bonds is 6. The van der Waals surface area contributed by atoms with Gasteiger partial charge in [-0.05, 0) is 30.9 Å². The number of methoxy groups -OCH3 is 1. The number of nitrogens with zero attached hydrogens (tertiary/aromatic N) is 1. The van der Waals surface area contributed by atoms with E-state index in [4.69, 9.17) is 4.74 Å². The minimum Gasteiger partial charge on any atom is -0.495 e. The third-order valence-electron chi connectivity index (χ3n) is 4.46. The molecule has 25 heavy (non-hydrogen) atoms. The molecule has 1 aliphatic rings. The third kappa shape index (κ3) is 5.04. The van der Waals surface area contributed by atoms with Crippen LogP contribution in [0.3, 0.4) is 0 Å². The fourth-order valence-corrected chi connectivity index (χ4v) is 4.11. The van der Waals surface area contributed by atoms with Crippen molar-refractivity contribution in [2.45, 2.75) is 37.6 Å². The van der Waals surface area contributed by atoms with Crippen molar-refractivity contribution in [1.82, 2.24) is 10.0 Å². The number of piperidine rings is 1. The van der Waals surface area contributed by atoms with Gasteiger partial charge >= 0.3 is 0 Å². The van der Waals surface area contributed by atoms with Crippen LogP contribution < -0.4 is 14.8 Å². The van der Waals surface area contributed by atoms with E-state index in [1.165, 1.54) is 19.2 Å². The molecular formula is C15H24ClN3O5S. The summed E-state index contributed by atoms with van der Waals surface area (Å²) in [5, 5.41) is 14.2. The molecule has 1 aromatic rings. The van der Waals surface area contributed by atoms with Crippen LogP contribution in [0.2, 0.25) is 0 Å². The zero-order valence-corrected chi connectivity index (χ0v) is 16.1. The van der Waals surface area contributed by atoms with Crippen LogP contribution in [0.5, 0.6) is 5.75 Å². The molecule has 0 radical (unpaired) electrons. The number of hydrogen-bond acceptors (Lipinski definition) is 6. The lowest BCUT2D eigenvalue weighted by atomic mass is 9.78. The van der Waals surface area contributed by atoms with E-state index in [9.17, 15) is 18.5 Å². The molecule has 1 atom stereocenters. The van der Waals surface area contributed by atoms with Crippen LogP contribution in [-0.4, -0.2) is 39.6 Å². The van der Waals surface area contributed by atoms with Gasteiger partial charge in [0, 0.05) is 24.7 Å². The Labute approximate surface area is 153 Å². The van der Waals surface area contributed by atoms with E-state index in [-0.39, 0.29) is 46.7 Å². The molecule has 0 bridgehead atoms. The number of nitro benzene ring substituents is 1. The van der Waals surface area contributed by atoms with Gasteiger partial charge in [-0.15, -0.1) is 12.4 Å². The van der Waals surface area contributed by atoms with Gasteiger partial charge in [-0.1, -0.05) is 13.8 Å². The van der Waals surface area contributed by atoms with Crippen molar-refractivity contribution in [3.05, 3.63) is 28.3 Å². The van der Waals surface area contributed by atoms with Gasteiger partial charge in [-0.3, -0.25) is 10.1 Å². The van der Waals surface area contributed by atoms with Crippen molar-refractivity contribution < 1.29 is 18.1 Å². The molecule has 0 aliphatic carbocycles. The van der Waals surface area contributed by atoms with E-state index < -0.39 is 14.9 Å². The fraction of sp³-hybridized carbons (Fsp3) is 0.600. The van der Waals surface area contributed by atoms with Crippen LogP contribution in [0.15, 0.2) is 23.1 Å². The van der Waals surface area contributed by atoms with Crippen LogP contribution in [0.1, 0.15) is 26.7 Å². The molecule has 2 rings (SSSR count). The maximum Gasteiger partial charge on any atom is 0.271 e.